The second-order valence-corrected chi connectivity index (χ2v) is 8.90. The van der Waals surface area contributed by atoms with Crippen LogP contribution in [0.25, 0.3) is 16.8 Å². The first-order valence-electron chi connectivity index (χ1n) is 10.9. The Morgan fingerprint density at radius 3 is 2.55 bits per heavy atom. The minimum atomic E-state index is -0.0707. The molecule has 0 saturated carbocycles. The predicted octanol–water partition coefficient (Wildman–Crippen LogP) is 4.92. The maximum absolute atomic E-state index is 13.0. The molecule has 0 radical (unpaired) electrons. The maximum atomic E-state index is 13.0. The molecule has 0 bridgehead atoms. The second kappa shape index (κ2) is 9.29. The van der Waals surface area contributed by atoms with E-state index in [0.717, 1.165) is 59.8 Å². The summed E-state index contributed by atoms with van der Waals surface area (Å²) in [6.07, 6.45) is 1.91. The van der Waals surface area contributed by atoms with E-state index in [2.05, 4.69) is 23.1 Å². The molecule has 5 rings (SSSR count). The number of anilines is 1. The van der Waals surface area contributed by atoms with Gasteiger partial charge in [-0.3, -0.25) is 9.69 Å². The summed E-state index contributed by atoms with van der Waals surface area (Å²) in [5.74, 6) is 0.667. The highest BCUT2D eigenvalue weighted by Crippen LogP contribution is 2.37. The number of amidine groups is 1. The number of hydrogen-bond acceptors (Lipinski definition) is 6. The number of amides is 1. The average molecular weight is 460 g/mol. The molecule has 0 aliphatic carbocycles. The molecule has 33 heavy (non-hydrogen) atoms. The summed E-state index contributed by atoms with van der Waals surface area (Å²) in [4.78, 5) is 22.3. The van der Waals surface area contributed by atoms with Gasteiger partial charge in [0.2, 0.25) is 0 Å². The van der Waals surface area contributed by atoms with Crippen molar-refractivity contribution in [1.29, 1.82) is 0 Å². The molecule has 0 N–H and O–H groups in total. The van der Waals surface area contributed by atoms with Gasteiger partial charge in [0.25, 0.3) is 5.91 Å². The zero-order valence-electron chi connectivity index (χ0n) is 18.7. The van der Waals surface area contributed by atoms with Crippen molar-refractivity contribution in [3.8, 4) is 5.75 Å². The molecule has 3 aromatic rings. The molecular formula is C26H25N3O3S. The SMILES string of the molecule is COc1ccc2ccccc2c1/C=C1/SC(=Nc2ccc(N3CCOCC3)cc2)N(C)C1=O. The Balaban J connectivity index is 1.43. The van der Waals surface area contributed by atoms with Gasteiger partial charge in [-0.2, -0.15) is 0 Å². The van der Waals surface area contributed by atoms with Gasteiger partial charge in [0.05, 0.1) is 30.9 Å². The zero-order chi connectivity index (χ0) is 22.8. The lowest BCUT2D eigenvalue weighted by Gasteiger charge is -2.28. The van der Waals surface area contributed by atoms with Crippen LogP contribution >= 0.6 is 11.8 Å². The van der Waals surface area contributed by atoms with Gasteiger partial charge in [-0.1, -0.05) is 30.3 Å². The van der Waals surface area contributed by atoms with E-state index in [1.54, 1.807) is 19.1 Å². The van der Waals surface area contributed by atoms with Crippen LogP contribution in [0.5, 0.6) is 5.75 Å². The Bertz CT molecular complexity index is 1250. The van der Waals surface area contributed by atoms with Gasteiger partial charge < -0.3 is 14.4 Å². The number of benzene rings is 3. The van der Waals surface area contributed by atoms with Crippen LogP contribution in [0.3, 0.4) is 0 Å². The third-order valence-electron chi connectivity index (χ3n) is 5.88. The Labute approximate surface area is 197 Å². The molecule has 2 heterocycles. The highest BCUT2D eigenvalue weighted by Gasteiger charge is 2.31. The number of carbonyl (C=O) groups excluding carboxylic acids is 1. The van der Waals surface area contributed by atoms with Crippen molar-refractivity contribution in [1.82, 2.24) is 4.90 Å². The van der Waals surface area contributed by atoms with Crippen molar-refractivity contribution in [2.75, 3.05) is 45.4 Å². The summed E-state index contributed by atoms with van der Waals surface area (Å²) in [5.41, 5.74) is 2.88. The van der Waals surface area contributed by atoms with E-state index in [-0.39, 0.29) is 5.91 Å². The van der Waals surface area contributed by atoms with Gasteiger partial charge >= 0.3 is 0 Å². The molecule has 6 nitrogen and oxygen atoms in total. The lowest BCUT2D eigenvalue weighted by atomic mass is 10.0. The van der Waals surface area contributed by atoms with Crippen molar-refractivity contribution in [3.05, 3.63) is 71.1 Å². The summed E-state index contributed by atoms with van der Waals surface area (Å²) in [6.45, 7) is 3.30. The Hall–Kier alpha value is -3.29. The summed E-state index contributed by atoms with van der Waals surface area (Å²) in [5, 5.41) is 2.80. The van der Waals surface area contributed by atoms with Gasteiger partial charge in [0.1, 0.15) is 5.75 Å². The lowest BCUT2D eigenvalue weighted by Crippen LogP contribution is -2.36. The molecule has 0 atom stereocenters. The molecule has 0 unspecified atom stereocenters. The van der Waals surface area contributed by atoms with E-state index >= 15 is 0 Å². The summed E-state index contributed by atoms with van der Waals surface area (Å²) in [7, 11) is 3.41. The Morgan fingerprint density at radius 1 is 1.03 bits per heavy atom. The van der Waals surface area contributed by atoms with Crippen LogP contribution < -0.4 is 9.64 Å². The molecule has 2 saturated heterocycles. The van der Waals surface area contributed by atoms with Gasteiger partial charge in [0.15, 0.2) is 5.17 Å². The fourth-order valence-corrected chi connectivity index (χ4v) is 5.02. The van der Waals surface area contributed by atoms with Crippen molar-refractivity contribution < 1.29 is 14.3 Å². The zero-order valence-corrected chi connectivity index (χ0v) is 19.5. The summed E-state index contributed by atoms with van der Waals surface area (Å²) < 4.78 is 11.0. The number of methoxy groups -OCH3 is 1. The molecule has 2 aliphatic rings. The van der Waals surface area contributed by atoms with Crippen LogP contribution in [0.15, 0.2) is 70.6 Å². The predicted molar refractivity (Wildman–Crippen MR) is 135 cm³/mol. The number of fused-ring (bicyclic) bond motifs is 1. The summed E-state index contributed by atoms with van der Waals surface area (Å²) >= 11 is 1.38. The highest BCUT2D eigenvalue weighted by molar-refractivity contribution is 8.18. The van der Waals surface area contributed by atoms with E-state index in [1.165, 1.54) is 11.8 Å². The van der Waals surface area contributed by atoms with Crippen molar-refractivity contribution in [3.63, 3.8) is 0 Å². The average Bonchev–Trinajstić information content (AvgIpc) is 3.13. The normalized spacial score (nSPS) is 19.2. The van der Waals surface area contributed by atoms with Crippen molar-refractivity contribution in [2.45, 2.75) is 0 Å². The van der Waals surface area contributed by atoms with E-state index in [4.69, 9.17) is 14.5 Å². The largest absolute Gasteiger partial charge is 0.496 e. The number of likely N-dealkylation sites (N-methyl/N-ethyl adjacent to an activating group) is 1. The van der Waals surface area contributed by atoms with Gasteiger partial charge in [-0.05, 0) is 58.9 Å². The van der Waals surface area contributed by atoms with E-state index in [1.807, 2.05) is 48.5 Å². The number of aliphatic imine (C=N–C) groups is 1. The Morgan fingerprint density at radius 2 is 1.79 bits per heavy atom. The minimum absolute atomic E-state index is 0.0707. The van der Waals surface area contributed by atoms with E-state index in [0.29, 0.717) is 10.1 Å². The first-order valence-corrected chi connectivity index (χ1v) is 11.7. The number of carbonyl (C=O) groups is 1. The maximum Gasteiger partial charge on any atom is 0.266 e. The standard InChI is InChI=1S/C26H25N3O3S/c1-28-25(30)24(17-22-21-6-4-3-5-18(21)7-12-23(22)31-2)33-26(28)27-19-8-10-20(11-9-19)29-13-15-32-16-14-29/h3-12,17H,13-16H2,1-2H3/b24-17+,27-26?. The molecule has 168 valence electrons. The monoisotopic (exact) mass is 459 g/mol. The molecule has 2 fully saturated rings. The molecular weight excluding hydrogens is 434 g/mol. The Kier molecular flexibility index (Phi) is 6.07. The minimum Gasteiger partial charge on any atom is -0.496 e. The molecule has 3 aromatic carbocycles. The number of rotatable bonds is 4. The molecule has 7 heteroatoms. The van der Waals surface area contributed by atoms with Gasteiger partial charge in [0, 0.05) is 31.4 Å². The van der Waals surface area contributed by atoms with Crippen molar-refractivity contribution in [2.24, 2.45) is 4.99 Å². The topological polar surface area (TPSA) is 54.4 Å². The van der Waals surface area contributed by atoms with Crippen molar-refractivity contribution >= 4 is 51.1 Å². The number of hydrogen-bond donors (Lipinski definition) is 0. The number of thioether (sulfide) groups is 1. The van der Waals surface area contributed by atoms with E-state index < -0.39 is 0 Å². The second-order valence-electron chi connectivity index (χ2n) is 7.89. The molecule has 0 aromatic heterocycles. The van der Waals surface area contributed by atoms with Crippen LogP contribution in [0, 0.1) is 0 Å². The fraction of sp³-hybridized carbons (Fsp3) is 0.231. The number of morpholine rings is 1. The molecule has 2 aliphatic heterocycles. The highest BCUT2D eigenvalue weighted by atomic mass is 32.2. The fourth-order valence-electron chi connectivity index (χ4n) is 4.06. The molecule has 0 spiro atoms. The van der Waals surface area contributed by atoms with Gasteiger partial charge in [-0.15, -0.1) is 0 Å². The van der Waals surface area contributed by atoms with Crippen LogP contribution in [0.4, 0.5) is 11.4 Å². The van der Waals surface area contributed by atoms with Gasteiger partial charge in [-0.25, -0.2) is 4.99 Å². The van der Waals surface area contributed by atoms with Crippen LogP contribution in [-0.2, 0) is 9.53 Å². The third-order valence-corrected chi connectivity index (χ3v) is 6.94. The first-order chi connectivity index (χ1) is 16.1. The first kappa shape index (κ1) is 21.6. The smallest absolute Gasteiger partial charge is 0.266 e. The van der Waals surface area contributed by atoms with E-state index in [9.17, 15) is 4.79 Å². The number of ether oxygens (including phenoxy) is 2. The number of nitrogens with zero attached hydrogens (tertiary/aromatic N) is 3. The van der Waals surface area contributed by atoms with Crippen LogP contribution in [0.2, 0.25) is 0 Å². The lowest BCUT2D eigenvalue weighted by molar-refractivity contribution is -0.121. The summed E-state index contributed by atoms with van der Waals surface area (Å²) in [6, 6.07) is 20.2. The third kappa shape index (κ3) is 4.34. The van der Waals surface area contributed by atoms with Crippen LogP contribution in [0.1, 0.15) is 5.56 Å². The quantitative estimate of drug-likeness (QED) is 0.519. The van der Waals surface area contributed by atoms with Crippen LogP contribution in [-0.4, -0.2) is 56.4 Å². The molecule has 1 amide bonds.